The van der Waals surface area contributed by atoms with Crippen LogP contribution in [0.4, 0.5) is 0 Å². The lowest BCUT2D eigenvalue weighted by Crippen LogP contribution is -2.35. The molecule has 0 bridgehead atoms. The molecule has 0 unspecified atom stereocenters. The topological polar surface area (TPSA) is 57.8 Å². The highest BCUT2D eigenvalue weighted by atomic mass is 32.2. The first kappa shape index (κ1) is 14.1. The molecule has 0 amide bonds. The summed E-state index contributed by atoms with van der Waals surface area (Å²) in [7, 11) is 0. The van der Waals surface area contributed by atoms with Crippen molar-refractivity contribution in [3.05, 3.63) is 27.6 Å². The number of thiophene rings is 1. The standard InChI is InChI=1S/C14H19N3OS2/c1-19-14(5-2-3-6-14)9-15-8-11-16-10-4-7-20-12(10)13(18)17-11/h4,7,15H,2-3,5-6,8-9H2,1H3,(H,16,17,18). The molecule has 2 heterocycles. The number of nitrogens with zero attached hydrogens (tertiary/aromatic N) is 1. The fraction of sp³-hybridized carbons (Fsp3) is 0.571. The fourth-order valence-electron chi connectivity index (χ4n) is 2.89. The minimum absolute atomic E-state index is 0.0257. The number of H-pyrrole nitrogens is 1. The molecule has 1 aliphatic rings. The van der Waals surface area contributed by atoms with E-state index in [4.69, 9.17) is 0 Å². The van der Waals surface area contributed by atoms with Crippen LogP contribution in [0.1, 0.15) is 31.5 Å². The van der Waals surface area contributed by atoms with E-state index in [2.05, 4.69) is 21.5 Å². The summed E-state index contributed by atoms with van der Waals surface area (Å²) in [6.07, 6.45) is 7.44. The second kappa shape index (κ2) is 5.87. The van der Waals surface area contributed by atoms with E-state index in [0.29, 0.717) is 16.0 Å². The molecule has 0 saturated heterocycles. The maximum absolute atomic E-state index is 11.9. The average Bonchev–Trinajstić information content (AvgIpc) is 3.08. The Bertz CT molecular complexity index is 643. The molecule has 0 atom stereocenters. The van der Waals surface area contributed by atoms with Crippen molar-refractivity contribution in [2.75, 3.05) is 12.8 Å². The van der Waals surface area contributed by atoms with Crippen molar-refractivity contribution in [3.8, 4) is 0 Å². The highest BCUT2D eigenvalue weighted by Gasteiger charge is 2.32. The second-order valence-corrected chi connectivity index (χ2v) is 7.54. The normalized spacial score (nSPS) is 17.9. The molecule has 1 aliphatic carbocycles. The first-order chi connectivity index (χ1) is 9.72. The summed E-state index contributed by atoms with van der Waals surface area (Å²) < 4.78 is 1.09. The van der Waals surface area contributed by atoms with Crippen LogP contribution in [0.15, 0.2) is 16.2 Å². The van der Waals surface area contributed by atoms with Gasteiger partial charge in [0.2, 0.25) is 0 Å². The van der Waals surface area contributed by atoms with E-state index < -0.39 is 0 Å². The number of thioether (sulfide) groups is 1. The molecule has 108 valence electrons. The lowest BCUT2D eigenvalue weighted by atomic mass is 10.1. The number of aromatic nitrogens is 2. The van der Waals surface area contributed by atoms with Crippen LogP contribution in [0.2, 0.25) is 0 Å². The number of nitrogens with one attached hydrogen (secondary N) is 2. The molecule has 3 rings (SSSR count). The van der Waals surface area contributed by atoms with Crippen molar-refractivity contribution in [1.29, 1.82) is 0 Å². The first-order valence-electron chi connectivity index (χ1n) is 6.95. The number of hydrogen-bond donors (Lipinski definition) is 2. The average molecular weight is 309 g/mol. The minimum atomic E-state index is -0.0257. The summed E-state index contributed by atoms with van der Waals surface area (Å²) >= 11 is 3.41. The van der Waals surface area contributed by atoms with E-state index in [9.17, 15) is 4.79 Å². The minimum Gasteiger partial charge on any atom is -0.309 e. The van der Waals surface area contributed by atoms with Crippen molar-refractivity contribution in [2.45, 2.75) is 37.0 Å². The van der Waals surface area contributed by atoms with Crippen LogP contribution in [-0.4, -0.2) is 27.5 Å². The summed E-state index contributed by atoms with van der Waals surface area (Å²) in [4.78, 5) is 19.2. The Morgan fingerprint density at radius 3 is 3.05 bits per heavy atom. The van der Waals surface area contributed by atoms with Gasteiger partial charge in [0.25, 0.3) is 5.56 Å². The number of fused-ring (bicyclic) bond motifs is 1. The molecule has 0 aromatic carbocycles. The predicted molar refractivity (Wildman–Crippen MR) is 86.7 cm³/mol. The van der Waals surface area contributed by atoms with Crippen LogP contribution in [0.3, 0.4) is 0 Å². The van der Waals surface area contributed by atoms with Crippen LogP contribution in [0.25, 0.3) is 10.2 Å². The zero-order valence-corrected chi connectivity index (χ0v) is 13.2. The van der Waals surface area contributed by atoms with Crippen LogP contribution < -0.4 is 10.9 Å². The molecule has 2 aromatic rings. The third-order valence-electron chi connectivity index (χ3n) is 4.05. The SMILES string of the molecule is CSC1(CNCc2nc3ccsc3c(=O)[nH]2)CCCC1. The third-order valence-corrected chi connectivity index (χ3v) is 6.37. The quantitative estimate of drug-likeness (QED) is 0.891. The van der Waals surface area contributed by atoms with Crippen LogP contribution >= 0.6 is 23.1 Å². The molecular weight excluding hydrogens is 290 g/mol. The molecule has 2 aromatic heterocycles. The van der Waals surface area contributed by atoms with Gasteiger partial charge in [-0.1, -0.05) is 12.8 Å². The lowest BCUT2D eigenvalue weighted by molar-refractivity contribution is 0.526. The summed E-state index contributed by atoms with van der Waals surface area (Å²) in [5, 5.41) is 5.38. The van der Waals surface area contributed by atoms with Gasteiger partial charge in [-0.3, -0.25) is 4.79 Å². The zero-order valence-electron chi connectivity index (χ0n) is 11.6. The monoisotopic (exact) mass is 309 g/mol. The van der Waals surface area contributed by atoms with Gasteiger partial charge in [0, 0.05) is 11.3 Å². The van der Waals surface area contributed by atoms with Gasteiger partial charge in [-0.25, -0.2) is 4.98 Å². The largest absolute Gasteiger partial charge is 0.309 e. The van der Waals surface area contributed by atoms with Crippen molar-refractivity contribution in [2.24, 2.45) is 0 Å². The van der Waals surface area contributed by atoms with E-state index in [0.717, 1.165) is 17.9 Å². The van der Waals surface area contributed by atoms with Gasteiger partial charge in [-0.2, -0.15) is 11.8 Å². The lowest BCUT2D eigenvalue weighted by Gasteiger charge is -2.26. The Kier molecular flexibility index (Phi) is 4.14. The predicted octanol–water partition coefficient (Wildman–Crippen LogP) is 2.75. The van der Waals surface area contributed by atoms with E-state index in [1.807, 2.05) is 23.2 Å². The maximum Gasteiger partial charge on any atom is 0.268 e. The molecule has 2 N–H and O–H groups in total. The van der Waals surface area contributed by atoms with Crippen molar-refractivity contribution >= 4 is 33.3 Å². The zero-order chi connectivity index (χ0) is 14.0. The highest BCUT2D eigenvalue weighted by Crippen LogP contribution is 2.39. The maximum atomic E-state index is 11.9. The number of rotatable bonds is 5. The van der Waals surface area contributed by atoms with Crippen LogP contribution in [-0.2, 0) is 6.54 Å². The van der Waals surface area contributed by atoms with Gasteiger partial charge >= 0.3 is 0 Å². The Hall–Kier alpha value is -0.850. The van der Waals surface area contributed by atoms with E-state index >= 15 is 0 Å². The second-order valence-electron chi connectivity index (χ2n) is 5.35. The van der Waals surface area contributed by atoms with Crippen molar-refractivity contribution < 1.29 is 0 Å². The van der Waals surface area contributed by atoms with Gasteiger partial charge in [0.1, 0.15) is 10.5 Å². The summed E-state index contributed by atoms with van der Waals surface area (Å²) in [6.45, 7) is 1.61. The van der Waals surface area contributed by atoms with E-state index in [-0.39, 0.29) is 5.56 Å². The molecule has 0 aliphatic heterocycles. The van der Waals surface area contributed by atoms with Crippen molar-refractivity contribution in [1.82, 2.24) is 15.3 Å². The summed E-state index contributed by atoms with van der Waals surface area (Å²) in [6, 6.07) is 1.90. The molecule has 0 spiro atoms. The van der Waals surface area contributed by atoms with Gasteiger partial charge in [-0.05, 0) is 30.5 Å². The van der Waals surface area contributed by atoms with Gasteiger partial charge < -0.3 is 10.3 Å². The smallest absolute Gasteiger partial charge is 0.268 e. The third kappa shape index (κ3) is 2.77. The van der Waals surface area contributed by atoms with Gasteiger partial charge in [0.15, 0.2) is 0 Å². The number of aromatic amines is 1. The van der Waals surface area contributed by atoms with Gasteiger partial charge in [-0.15, -0.1) is 11.3 Å². The molecule has 4 nitrogen and oxygen atoms in total. The molecular formula is C14H19N3OS2. The van der Waals surface area contributed by atoms with Crippen LogP contribution in [0, 0.1) is 0 Å². The molecule has 1 saturated carbocycles. The van der Waals surface area contributed by atoms with Crippen LogP contribution in [0.5, 0.6) is 0 Å². The summed E-state index contributed by atoms with van der Waals surface area (Å²) in [5.74, 6) is 0.732. The Morgan fingerprint density at radius 2 is 2.30 bits per heavy atom. The molecule has 0 radical (unpaired) electrons. The highest BCUT2D eigenvalue weighted by molar-refractivity contribution is 8.00. The van der Waals surface area contributed by atoms with E-state index in [1.54, 1.807) is 0 Å². The molecule has 20 heavy (non-hydrogen) atoms. The Balaban J connectivity index is 1.66. The van der Waals surface area contributed by atoms with Gasteiger partial charge in [0.05, 0.1) is 12.1 Å². The first-order valence-corrected chi connectivity index (χ1v) is 9.05. The van der Waals surface area contributed by atoms with E-state index in [1.165, 1.54) is 37.0 Å². The summed E-state index contributed by atoms with van der Waals surface area (Å²) in [5.41, 5.74) is 0.776. The molecule has 1 fully saturated rings. The fourth-order valence-corrected chi connectivity index (χ4v) is 4.56. The number of hydrogen-bond acceptors (Lipinski definition) is 5. The Morgan fingerprint density at radius 1 is 1.50 bits per heavy atom. The molecule has 6 heteroatoms. The van der Waals surface area contributed by atoms with Crippen molar-refractivity contribution in [3.63, 3.8) is 0 Å². The Labute approximate surface area is 126 Å².